The van der Waals surface area contributed by atoms with Gasteiger partial charge in [-0.1, -0.05) is 24.3 Å². The first-order chi connectivity index (χ1) is 12.8. The average Bonchev–Trinajstić information content (AvgIpc) is 2.66. The molecule has 0 fully saturated rings. The first-order valence-corrected chi connectivity index (χ1v) is 7.48. The predicted molar refractivity (Wildman–Crippen MR) is 93.6 cm³/mol. The number of hydrogen-bond donors (Lipinski definition) is 0. The fraction of sp³-hybridized carbons (Fsp3) is 0. The number of rotatable bonds is 7. The normalized spacial score (nSPS) is 10.9. The number of nitro benzene ring substituents is 1. The third kappa shape index (κ3) is 6.28. The van der Waals surface area contributed by atoms with Gasteiger partial charge in [-0.2, -0.15) is 13.2 Å². The number of halogens is 3. The topological polar surface area (TPSA) is 69.4 Å². The highest BCUT2D eigenvalue weighted by Gasteiger charge is 2.07. The van der Waals surface area contributed by atoms with Crippen LogP contribution in [-0.2, 0) is 4.79 Å². The van der Waals surface area contributed by atoms with Crippen molar-refractivity contribution in [3.63, 3.8) is 0 Å². The molecule has 0 atom stereocenters. The molecule has 0 aliphatic carbocycles. The van der Waals surface area contributed by atoms with Gasteiger partial charge < -0.3 is 4.74 Å². The van der Waals surface area contributed by atoms with Crippen molar-refractivity contribution in [3.8, 4) is 5.75 Å². The fourth-order valence-corrected chi connectivity index (χ4v) is 1.91. The van der Waals surface area contributed by atoms with Crippen LogP contribution in [-0.4, -0.2) is 10.7 Å². The van der Waals surface area contributed by atoms with Gasteiger partial charge in [0.1, 0.15) is 5.75 Å². The lowest BCUT2D eigenvalue weighted by Gasteiger charge is -2.01. The molecule has 0 unspecified atom stereocenters. The van der Waals surface area contributed by atoms with E-state index in [1.807, 2.05) is 0 Å². The van der Waals surface area contributed by atoms with Crippen molar-refractivity contribution in [2.75, 3.05) is 0 Å². The van der Waals surface area contributed by atoms with Crippen molar-refractivity contribution in [3.05, 3.63) is 94.0 Å². The van der Waals surface area contributed by atoms with Gasteiger partial charge in [-0.25, -0.2) is 0 Å². The minimum atomic E-state index is -2.55. The summed E-state index contributed by atoms with van der Waals surface area (Å²) in [5.74, 6) is -0.441. The molecule has 0 saturated carbocycles. The highest BCUT2D eigenvalue weighted by atomic mass is 19.3. The second kappa shape index (κ2) is 9.14. The van der Waals surface area contributed by atoms with Crippen molar-refractivity contribution in [2.24, 2.45) is 0 Å². The number of carbonyl (C=O) groups is 1. The number of benzene rings is 2. The standard InChI is InChI=1S/C19H12F3NO4/c20-18(21)19(22)27-17-11-5-14(6-12-17)4-10-16(24)9-3-13-1-7-15(8-2-13)23(25)26/h1-12H/b9-3+,10-4+. The SMILES string of the molecule is O=C(/C=C/c1ccc(OC(F)=C(F)F)cc1)/C=C/c1ccc([N+](=O)[O-])cc1. The summed E-state index contributed by atoms with van der Waals surface area (Å²) in [4.78, 5) is 21.9. The molecule has 2 aromatic rings. The summed E-state index contributed by atoms with van der Waals surface area (Å²) in [6.45, 7) is 0. The molecule has 2 rings (SSSR count). The van der Waals surface area contributed by atoms with Gasteiger partial charge in [0.15, 0.2) is 5.78 Å². The first kappa shape index (κ1) is 19.6. The summed E-state index contributed by atoms with van der Waals surface area (Å²) in [7, 11) is 0. The summed E-state index contributed by atoms with van der Waals surface area (Å²) in [5.41, 5.74) is 1.15. The van der Waals surface area contributed by atoms with E-state index in [-0.39, 0.29) is 17.2 Å². The Morgan fingerprint density at radius 2 is 1.37 bits per heavy atom. The van der Waals surface area contributed by atoms with Crippen molar-refractivity contribution < 1.29 is 27.6 Å². The second-order valence-corrected chi connectivity index (χ2v) is 5.12. The number of non-ortho nitro benzene ring substituents is 1. The maximum atomic E-state index is 12.7. The summed E-state index contributed by atoms with van der Waals surface area (Å²) < 4.78 is 40.8. The average molecular weight is 375 g/mol. The van der Waals surface area contributed by atoms with Crippen LogP contribution in [0.25, 0.3) is 12.2 Å². The Hall–Kier alpha value is -3.68. The molecule has 0 aliphatic rings. The highest BCUT2D eigenvalue weighted by Crippen LogP contribution is 2.19. The van der Waals surface area contributed by atoms with E-state index in [4.69, 9.17) is 0 Å². The predicted octanol–water partition coefficient (Wildman–Crippen LogP) is 5.30. The summed E-state index contributed by atoms with van der Waals surface area (Å²) in [6, 6.07) is 9.19. The number of hydrogen-bond acceptors (Lipinski definition) is 4. The Bertz CT molecular complexity index is 913. The van der Waals surface area contributed by atoms with E-state index in [2.05, 4.69) is 4.74 Å². The molecular formula is C19H12F3NO4. The van der Waals surface area contributed by atoms with E-state index in [1.54, 1.807) is 0 Å². The lowest BCUT2D eigenvalue weighted by Crippen LogP contribution is -1.90. The maximum absolute atomic E-state index is 12.7. The van der Waals surface area contributed by atoms with Crippen molar-refractivity contribution in [1.82, 2.24) is 0 Å². The van der Waals surface area contributed by atoms with Crippen LogP contribution in [0, 0.1) is 10.1 Å². The molecule has 27 heavy (non-hydrogen) atoms. The molecule has 138 valence electrons. The minimum Gasteiger partial charge on any atom is -0.428 e. The third-order valence-electron chi connectivity index (χ3n) is 3.22. The van der Waals surface area contributed by atoms with Gasteiger partial charge in [0.05, 0.1) is 4.92 Å². The number of allylic oxidation sites excluding steroid dienone is 2. The smallest absolute Gasteiger partial charge is 0.344 e. The highest BCUT2D eigenvalue weighted by molar-refractivity contribution is 6.04. The molecule has 5 nitrogen and oxygen atoms in total. The fourth-order valence-electron chi connectivity index (χ4n) is 1.91. The lowest BCUT2D eigenvalue weighted by molar-refractivity contribution is -0.384. The summed E-state index contributed by atoms with van der Waals surface area (Å²) in [6.07, 6.45) is 3.01. The molecule has 0 spiro atoms. The van der Waals surface area contributed by atoms with E-state index >= 15 is 0 Å². The largest absolute Gasteiger partial charge is 0.428 e. The molecule has 0 aliphatic heterocycles. The van der Waals surface area contributed by atoms with Gasteiger partial charge >= 0.3 is 12.1 Å². The van der Waals surface area contributed by atoms with Crippen molar-refractivity contribution in [2.45, 2.75) is 0 Å². The van der Waals surface area contributed by atoms with E-state index in [1.165, 1.54) is 72.8 Å². The molecule has 0 heterocycles. The number of nitro groups is 1. The van der Waals surface area contributed by atoms with E-state index in [9.17, 15) is 28.1 Å². The van der Waals surface area contributed by atoms with Crippen LogP contribution < -0.4 is 4.74 Å². The molecule has 0 radical (unpaired) electrons. The molecular weight excluding hydrogens is 363 g/mol. The molecule has 8 heteroatoms. The van der Waals surface area contributed by atoms with E-state index < -0.39 is 17.0 Å². The monoisotopic (exact) mass is 375 g/mol. The zero-order chi connectivity index (χ0) is 19.8. The van der Waals surface area contributed by atoms with Gasteiger partial charge in [-0.15, -0.1) is 0 Å². The molecule has 0 bridgehead atoms. The van der Waals surface area contributed by atoms with Crippen LogP contribution in [0.15, 0.2) is 72.8 Å². The quantitative estimate of drug-likeness (QED) is 0.285. The van der Waals surface area contributed by atoms with Crippen LogP contribution in [0.4, 0.5) is 18.9 Å². The third-order valence-corrected chi connectivity index (χ3v) is 3.22. The Labute approximate surface area is 151 Å². The Balaban J connectivity index is 1.95. The molecule has 0 saturated heterocycles. The van der Waals surface area contributed by atoms with E-state index in [0.29, 0.717) is 11.1 Å². The zero-order valence-electron chi connectivity index (χ0n) is 13.6. The van der Waals surface area contributed by atoms with Crippen LogP contribution in [0.1, 0.15) is 11.1 Å². The zero-order valence-corrected chi connectivity index (χ0v) is 13.6. The minimum absolute atomic E-state index is 0.0459. The molecule has 2 aromatic carbocycles. The van der Waals surface area contributed by atoms with Gasteiger partial charge in [0, 0.05) is 12.1 Å². The van der Waals surface area contributed by atoms with Crippen molar-refractivity contribution in [1.29, 1.82) is 0 Å². The number of carbonyl (C=O) groups excluding carboxylic acids is 1. The van der Waals surface area contributed by atoms with Crippen LogP contribution in [0.2, 0.25) is 0 Å². The first-order valence-electron chi connectivity index (χ1n) is 7.48. The Morgan fingerprint density at radius 3 is 1.81 bits per heavy atom. The molecule has 0 aromatic heterocycles. The second-order valence-electron chi connectivity index (χ2n) is 5.12. The van der Waals surface area contributed by atoms with Crippen molar-refractivity contribution >= 4 is 23.6 Å². The van der Waals surface area contributed by atoms with Gasteiger partial charge in [-0.05, 0) is 47.5 Å². The van der Waals surface area contributed by atoms with Gasteiger partial charge in [-0.3, -0.25) is 14.9 Å². The number of nitrogens with zero attached hydrogens (tertiary/aromatic N) is 1. The summed E-state index contributed by atoms with van der Waals surface area (Å²) >= 11 is 0. The molecule has 0 amide bonds. The van der Waals surface area contributed by atoms with Crippen LogP contribution in [0.5, 0.6) is 5.75 Å². The summed E-state index contributed by atoms with van der Waals surface area (Å²) in [5, 5.41) is 10.6. The maximum Gasteiger partial charge on any atom is 0.344 e. The number of ketones is 1. The van der Waals surface area contributed by atoms with Crippen LogP contribution >= 0.6 is 0 Å². The Morgan fingerprint density at radius 1 is 0.889 bits per heavy atom. The lowest BCUT2D eigenvalue weighted by atomic mass is 10.1. The van der Waals surface area contributed by atoms with Crippen LogP contribution in [0.3, 0.4) is 0 Å². The number of ether oxygens (including phenoxy) is 1. The Kier molecular flexibility index (Phi) is 6.65. The molecule has 0 N–H and O–H groups in total. The van der Waals surface area contributed by atoms with Gasteiger partial charge in [0.25, 0.3) is 5.69 Å². The van der Waals surface area contributed by atoms with Gasteiger partial charge in [0.2, 0.25) is 0 Å². The van der Waals surface area contributed by atoms with E-state index in [0.717, 1.165) is 0 Å².